The van der Waals surface area contributed by atoms with Gasteiger partial charge < -0.3 is 5.73 Å². The lowest BCUT2D eigenvalue weighted by Crippen LogP contribution is -2.36. The Balaban J connectivity index is 3.21. The van der Waals surface area contributed by atoms with Gasteiger partial charge in [0.05, 0.1) is 4.99 Å². The smallest absolute Gasteiger partial charge is 0.248 e. The molecule has 0 bridgehead atoms. The van der Waals surface area contributed by atoms with Gasteiger partial charge in [-0.1, -0.05) is 19.1 Å². The number of halogens is 3. The van der Waals surface area contributed by atoms with Crippen LogP contribution < -0.4 is 5.73 Å². The minimum Gasteiger partial charge on any atom is -0.393 e. The van der Waals surface area contributed by atoms with Crippen molar-refractivity contribution in [3.05, 3.63) is 29.6 Å². The lowest BCUT2D eigenvalue weighted by Gasteiger charge is -2.21. The second kappa shape index (κ2) is 6.06. The normalized spacial score (nSPS) is 13.5. The molecule has 0 saturated carbocycles. The van der Waals surface area contributed by atoms with E-state index in [4.69, 9.17) is 18.0 Å². The Labute approximate surface area is 120 Å². The second-order valence-electron chi connectivity index (χ2n) is 4.29. The van der Waals surface area contributed by atoms with E-state index in [1.807, 2.05) is 0 Å². The Bertz CT molecular complexity index is 612. The first-order chi connectivity index (χ1) is 9.07. The van der Waals surface area contributed by atoms with Crippen LogP contribution in [-0.2, 0) is 10.0 Å². The van der Waals surface area contributed by atoms with Crippen molar-refractivity contribution < 1.29 is 21.6 Å². The van der Waals surface area contributed by atoms with Crippen molar-refractivity contribution in [1.29, 1.82) is 0 Å². The van der Waals surface area contributed by atoms with Gasteiger partial charge in [0, 0.05) is 31.6 Å². The molecule has 0 spiro atoms. The zero-order valence-corrected chi connectivity index (χ0v) is 12.4. The Kier molecular flexibility index (Phi) is 5.11. The van der Waals surface area contributed by atoms with Crippen LogP contribution in [0.5, 0.6) is 0 Å². The van der Waals surface area contributed by atoms with Gasteiger partial charge in [0.25, 0.3) is 0 Å². The number of hydrogen-bond donors (Lipinski definition) is 1. The molecule has 1 unspecified atom stereocenters. The molecule has 4 nitrogen and oxygen atoms in total. The largest absolute Gasteiger partial charge is 0.393 e. The van der Waals surface area contributed by atoms with Crippen LogP contribution in [0, 0.1) is 23.4 Å². The molecule has 0 aromatic heterocycles. The number of rotatable bonds is 5. The van der Waals surface area contributed by atoms with E-state index in [9.17, 15) is 21.6 Å². The SMILES string of the molecule is CC(CN(C)S(=O)(=O)c1c(F)cc(F)cc1F)C(N)=S. The molecule has 1 aromatic carbocycles. The van der Waals surface area contributed by atoms with Gasteiger partial charge >= 0.3 is 0 Å². The summed E-state index contributed by atoms with van der Waals surface area (Å²) in [4.78, 5) is -1.12. The van der Waals surface area contributed by atoms with E-state index >= 15 is 0 Å². The van der Waals surface area contributed by atoms with Gasteiger partial charge in [-0.2, -0.15) is 0 Å². The topological polar surface area (TPSA) is 63.4 Å². The molecule has 1 aromatic rings. The molecule has 0 radical (unpaired) electrons. The molecule has 0 aliphatic heterocycles. The summed E-state index contributed by atoms with van der Waals surface area (Å²) in [5, 5.41) is 0. The fourth-order valence-electron chi connectivity index (χ4n) is 1.50. The van der Waals surface area contributed by atoms with Crippen LogP contribution in [0.3, 0.4) is 0 Å². The molecular weight excluding hydrogens is 313 g/mol. The first kappa shape index (κ1) is 16.9. The number of benzene rings is 1. The zero-order valence-electron chi connectivity index (χ0n) is 10.7. The van der Waals surface area contributed by atoms with Gasteiger partial charge in [-0.05, 0) is 0 Å². The van der Waals surface area contributed by atoms with Crippen molar-refractivity contribution in [2.24, 2.45) is 11.7 Å². The second-order valence-corrected chi connectivity index (χ2v) is 6.74. The van der Waals surface area contributed by atoms with Crippen LogP contribution >= 0.6 is 12.2 Å². The number of nitrogens with two attached hydrogens (primary N) is 1. The average molecular weight is 326 g/mol. The molecule has 0 heterocycles. The van der Waals surface area contributed by atoms with E-state index in [2.05, 4.69) is 0 Å². The zero-order chi connectivity index (χ0) is 15.7. The molecular formula is C11H13F3N2O2S2. The standard InChI is InChI=1S/C11H13F3N2O2S2/c1-6(11(15)19)5-16(2)20(17,18)10-8(13)3-7(12)4-9(10)14/h3-4,6H,5H2,1-2H3,(H2,15,19). The summed E-state index contributed by atoms with van der Waals surface area (Å²) in [7, 11) is -3.31. The molecule has 112 valence electrons. The summed E-state index contributed by atoms with van der Waals surface area (Å²) in [6, 6.07) is 0.613. The number of nitrogens with zero attached hydrogens (tertiary/aromatic N) is 1. The summed E-state index contributed by atoms with van der Waals surface area (Å²) in [5.74, 6) is -4.65. The summed E-state index contributed by atoms with van der Waals surface area (Å²) in [5.41, 5.74) is 5.36. The Morgan fingerprint density at radius 1 is 1.35 bits per heavy atom. The van der Waals surface area contributed by atoms with Crippen LogP contribution in [0.2, 0.25) is 0 Å². The molecule has 1 rings (SSSR count). The van der Waals surface area contributed by atoms with E-state index in [1.165, 1.54) is 0 Å². The monoisotopic (exact) mass is 326 g/mol. The van der Waals surface area contributed by atoms with Crippen molar-refractivity contribution in [1.82, 2.24) is 4.31 Å². The maximum Gasteiger partial charge on any atom is 0.248 e. The van der Waals surface area contributed by atoms with Crippen LogP contribution in [0.1, 0.15) is 6.92 Å². The minimum absolute atomic E-state index is 0.0760. The molecule has 0 fully saturated rings. The van der Waals surface area contributed by atoms with Gasteiger partial charge in [0.2, 0.25) is 10.0 Å². The minimum atomic E-state index is -4.44. The van der Waals surface area contributed by atoms with Crippen molar-refractivity contribution in [2.75, 3.05) is 13.6 Å². The van der Waals surface area contributed by atoms with Crippen molar-refractivity contribution in [3.63, 3.8) is 0 Å². The summed E-state index contributed by atoms with van der Waals surface area (Å²) < 4.78 is 64.7. The summed E-state index contributed by atoms with van der Waals surface area (Å²) in [6.45, 7) is 1.43. The third-order valence-electron chi connectivity index (χ3n) is 2.65. The molecule has 0 saturated heterocycles. The van der Waals surface area contributed by atoms with E-state index in [-0.39, 0.29) is 11.5 Å². The predicted molar refractivity (Wildman–Crippen MR) is 72.1 cm³/mol. The molecule has 0 aliphatic carbocycles. The van der Waals surface area contributed by atoms with Crippen LogP contribution in [0.25, 0.3) is 0 Å². The lowest BCUT2D eigenvalue weighted by atomic mass is 10.2. The molecule has 1 atom stereocenters. The van der Waals surface area contributed by atoms with Gasteiger partial charge in [-0.3, -0.25) is 0 Å². The van der Waals surface area contributed by atoms with Crippen molar-refractivity contribution >= 4 is 27.2 Å². The maximum atomic E-state index is 13.5. The molecule has 0 amide bonds. The predicted octanol–water partition coefficient (Wildman–Crippen LogP) is 1.65. The van der Waals surface area contributed by atoms with E-state index in [0.717, 1.165) is 11.4 Å². The highest BCUT2D eigenvalue weighted by Crippen LogP contribution is 2.23. The highest BCUT2D eigenvalue weighted by Gasteiger charge is 2.30. The van der Waals surface area contributed by atoms with Gasteiger partial charge in [-0.15, -0.1) is 0 Å². The molecule has 2 N–H and O–H groups in total. The van der Waals surface area contributed by atoms with Crippen LogP contribution in [0.4, 0.5) is 13.2 Å². The van der Waals surface area contributed by atoms with Crippen molar-refractivity contribution in [3.8, 4) is 0 Å². The van der Waals surface area contributed by atoms with Crippen LogP contribution in [-0.4, -0.2) is 31.3 Å². The molecule has 0 aliphatic rings. The average Bonchev–Trinajstić information content (AvgIpc) is 2.26. The number of sulfonamides is 1. The summed E-state index contributed by atoms with van der Waals surface area (Å²) in [6.07, 6.45) is 0. The summed E-state index contributed by atoms with van der Waals surface area (Å²) >= 11 is 4.70. The van der Waals surface area contributed by atoms with Gasteiger partial charge in [0.1, 0.15) is 17.5 Å². The maximum absolute atomic E-state index is 13.5. The number of hydrogen-bond acceptors (Lipinski definition) is 3. The Morgan fingerprint density at radius 2 is 1.80 bits per heavy atom. The quantitative estimate of drug-likeness (QED) is 0.836. The van der Waals surface area contributed by atoms with Crippen molar-refractivity contribution in [2.45, 2.75) is 11.8 Å². The molecule has 20 heavy (non-hydrogen) atoms. The van der Waals surface area contributed by atoms with Crippen LogP contribution in [0.15, 0.2) is 17.0 Å². The van der Waals surface area contributed by atoms with Gasteiger partial charge in [0.15, 0.2) is 4.90 Å². The Morgan fingerprint density at radius 3 is 2.20 bits per heavy atom. The van der Waals surface area contributed by atoms with E-state index in [1.54, 1.807) is 6.92 Å². The highest BCUT2D eigenvalue weighted by atomic mass is 32.2. The highest BCUT2D eigenvalue weighted by molar-refractivity contribution is 7.89. The van der Waals surface area contributed by atoms with E-state index < -0.39 is 38.3 Å². The fraction of sp³-hybridized carbons (Fsp3) is 0.364. The fourth-order valence-corrected chi connectivity index (χ4v) is 2.92. The van der Waals surface area contributed by atoms with E-state index in [0.29, 0.717) is 12.1 Å². The third kappa shape index (κ3) is 3.47. The molecule has 9 heteroatoms. The first-order valence-electron chi connectivity index (χ1n) is 5.47. The first-order valence-corrected chi connectivity index (χ1v) is 7.32. The lowest BCUT2D eigenvalue weighted by molar-refractivity contribution is 0.429. The number of thiocarbonyl (C=S) groups is 1. The Hall–Kier alpha value is -1.19. The van der Waals surface area contributed by atoms with Gasteiger partial charge in [-0.25, -0.2) is 25.9 Å². The third-order valence-corrected chi connectivity index (χ3v) is 4.93.